The number of hydrogen-bond acceptors (Lipinski definition) is 2. The Labute approximate surface area is 405 Å². The van der Waals surface area contributed by atoms with Gasteiger partial charge in [-0.1, -0.05) is 140 Å². The molecule has 0 aliphatic rings. The Bertz CT molecular complexity index is 4880. The SMILES string of the molecule is c1ccc(-n2c3ccccc3c3cc(-c4ccc5c(c4)c4cc(-c6ccc7c(c6)c6ccccc6n7-c6cccc7c6oc6ccccc67)ccc4n5-c4cccc5c4oc4ccccc45)ccc32)cc1. The zero-order valence-corrected chi connectivity index (χ0v) is 38.2. The molecule has 0 unspecified atom stereocenters. The maximum atomic E-state index is 6.72. The molecule has 0 bridgehead atoms. The number of aromatic nitrogens is 3. The molecule has 5 heterocycles. The van der Waals surface area contributed by atoms with Crippen molar-refractivity contribution < 1.29 is 8.83 Å². The quantitative estimate of drug-likeness (QED) is 0.173. The molecule has 0 saturated heterocycles. The second-order valence-corrected chi connectivity index (χ2v) is 18.8. The highest BCUT2D eigenvalue weighted by Gasteiger charge is 2.22. The number of benzene rings is 11. The molecule has 5 heteroatoms. The second-order valence-electron chi connectivity index (χ2n) is 18.8. The molecule has 0 spiro atoms. The van der Waals surface area contributed by atoms with Crippen molar-refractivity contribution in [1.82, 2.24) is 13.7 Å². The minimum Gasteiger partial charge on any atom is -0.454 e. The van der Waals surface area contributed by atoms with Gasteiger partial charge in [0.05, 0.1) is 44.5 Å². The van der Waals surface area contributed by atoms with Crippen LogP contribution in [0.2, 0.25) is 0 Å². The van der Waals surface area contributed by atoms with Gasteiger partial charge >= 0.3 is 0 Å². The molecule has 71 heavy (non-hydrogen) atoms. The fraction of sp³-hybridized carbons (Fsp3) is 0. The van der Waals surface area contributed by atoms with E-state index in [0.29, 0.717) is 0 Å². The van der Waals surface area contributed by atoms with Gasteiger partial charge in [-0.25, -0.2) is 0 Å². The highest BCUT2D eigenvalue weighted by Crippen LogP contribution is 2.44. The Balaban J connectivity index is 0.910. The molecule has 0 amide bonds. The van der Waals surface area contributed by atoms with E-state index in [4.69, 9.17) is 8.83 Å². The predicted molar refractivity (Wildman–Crippen MR) is 295 cm³/mol. The van der Waals surface area contributed by atoms with Gasteiger partial charge in [0.1, 0.15) is 11.2 Å². The van der Waals surface area contributed by atoms with Crippen LogP contribution >= 0.6 is 0 Å². The Morgan fingerprint density at radius 3 is 1.03 bits per heavy atom. The summed E-state index contributed by atoms with van der Waals surface area (Å²) in [4.78, 5) is 0. The molecule has 0 saturated carbocycles. The summed E-state index contributed by atoms with van der Waals surface area (Å²) in [5.74, 6) is 0. The van der Waals surface area contributed by atoms with E-state index in [1.165, 1.54) is 48.9 Å². The zero-order valence-electron chi connectivity index (χ0n) is 38.2. The third-order valence-corrected chi connectivity index (χ3v) is 15.0. The van der Waals surface area contributed by atoms with Crippen molar-refractivity contribution in [3.05, 3.63) is 237 Å². The number of fused-ring (bicyclic) bond motifs is 15. The van der Waals surface area contributed by atoms with Crippen LogP contribution in [0.25, 0.3) is 149 Å². The average molecular weight is 906 g/mol. The molecule has 0 N–H and O–H groups in total. The van der Waals surface area contributed by atoms with E-state index in [2.05, 4.69) is 238 Å². The summed E-state index contributed by atoms with van der Waals surface area (Å²) in [5.41, 5.74) is 18.3. The lowest BCUT2D eigenvalue weighted by Gasteiger charge is -2.10. The number of nitrogens with zero attached hydrogens (tertiary/aromatic N) is 3. The molecule has 330 valence electrons. The smallest absolute Gasteiger partial charge is 0.159 e. The minimum atomic E-state index is 0.876. The molecule has 0 atom stereocenters. The molecular weight excluding hydrogens is 867 g/mol. The van der Waals surface area contributed by atoms with Gasteiger partial charge in [-0.15, -0.1) is 0 Å². The normalized spacial score (nSPS) is 12.2. The van der Waals surface area contributed by atoms with E-state index in [1.54, 1.807) is 0 Å². The van der Waals surface area contributed by atoms with Crippen molar-refractivity contribution in [2.24, 2.45) is 0 Å². The van der Waals surface area contributed by atoms with Gasteiger partial charge in [0.15, 0.2) is 11.2 Å². The van der Waals surface area contributed by atoms with Crippen LogP contribution in [0.1, 0.15) is 0 Å². The van der Waals surface area contributed by atoms with Gasteiger partial charge in [0.25, 0.3) is 0 Å². The number of hydrogen-bond donors (Lipinski definition) is 0. The molecule has 0 aliphatic heterocycles. The molecule has 5 nitrogen and oxygen atoms in total. The third-order valence-electron chi connectivity index (χ3n) is 15.0. The maximum Gasteiger partial charge on any atom is 0.159 e. The predicted octanol–water partition coefficient (Wildman–Crippen LogP) is 18.1. The summed E-state index contributed by atoms with van der Waals surface area (Å²) in [5, 5.41) is 11.7. The highest BCUT2D eigenvalue weighted by atomic mass is 16.3. The zero-order chi connectivity index (χ0) is 46.3. The van der Waals surface area contributed by atoms with E-state index in [-0.39, 0.29) is 0 Å². The Morgan fingerprint density at radius 2 is 0.563 bits per heavy atom. The number of para-hydroxylation sites is 7. The summed E-state index contributed by atoms with van der Waals surface area (Å²) in [6, 6.07) is 85.6. The van der Waals surface area contributed by atoms with Crippen molar-refractivity contribution in [3.63, 3.8) is 0 Å². The molecule has 5 aromatic heterocycles. The van der Waals surface area contributed by atoms with Crippen LogP contribution in [0.15, 0.2) is 245 Å². The fourth-order valence-corrected chi connectivity index (χ4v) is 11.9. The van der Waals surface area contributed by atoms with Gasteiger partial charge in [-0.05, 0) is 119 Å². The van der Waals surface area contributed by atoms with Crippen LogP contribution in [0.4, 0.5) is 0 Å². The number of furan rings is 2. The van der Waals surface area contributed by atoms with Crippen molar-refractivity contribution in [1.29, 1.82) is 0 Å². The van der Waals surface area contributed by atoms with Crippen molar-refractivity contribution in [2.75, 3.05) is 0 Å². The first kappa shape index (κ1) is 38.4. The van der Waals surface area contributed by atoms with Gasteiger partial charge < -0.3 is 22.5 Å². The Kier molecular flexibility index (Phi) is 7.82. The number of rotatable bonds is 5. The minimum absolute atomic E-state index is 0.876. The molecular formula is C66H39N3O2. The van der Waals surface area contributed by atoms with E-state index < -0.39 is 0 Å². The van der Waals surface area contributed by atoms with Gasteiger partial charge in [-0.2, -0.15) is 0 Å². The molecule has 0 fully saturated rings. The molecule has 16 rings (SSSR count). The first-order valence-electron chi connectivity index (χ1n) is 24.2. The maximum absolute atomic E-state index is 6.72. The van der Waals surface area contributed by atoms with E-state index in [1.807, 2.05) is 12.1 Å². The summed E-state index contributed by atoms with van der Waals surface area (Å²) >= 11 is 0. The van der Waals surface area contributed by atoms with Gasteiger partial charge in [-0.3, -0.25) is 0 Å². The molecule has 0 radical (unpaired) electrons. The summed E-state index contributed by atoms with van der Waals surface area (Å²) in [6.07, 6.45) is 0. The van der Waals surface area contributed by atoms with Crippen LogP contribution in [-0.2, 0) is 0 Å². The Hall–Kier alpha value is -9.58. The first-order chi connectivity index (χ1) is 35.2. The van der Waals surface area contributed by atoms with Gasteiger partial charge in [0, 0.05) is 59.5 Å². The highest BCUT2D eigenvalue weighted by molar-refractivity contribution is 6.17. The molecule has 16 aromatic rings. The molecule has 11 aromatic carbocycles. The molecule has 0 aliphatic carbocycles. The lowest BCUT2D eigenvalue weighted by molar-refractivity contribution is 0.666. The van der Waals surface area contributed by atoms with Crippen LogP contribution in [0.5, 0.6) is 0 Å². The van der Waals surface area contributed by atoms with Crippen molar-refractivity contribution in [2.45, 2.75) is 0 Å². The lowest BCUT2D eigenvalue weighted by Crippen LogP contribution is -1.94. The van der Waals surface area contributed by atoms with Crippen LogP contribution in [-0.4, -0.2) is 13.7 Å². The van der Waals surface area contributed by atoms with Gasteiger partial charge in [0.2, 0.25) is 0 Å². The Morgan fingerprint density at radius 1 is 0.225 bits per heavy atom. The third kappa shape index (κ3) is 5.46. The first-order valence-corrected chi connectivity index (χ1v) is 24.2. The largest absolute Gasteiger partial charge is 0.454 e. The summed E-state index contributed by atoms with van der Waals surface area (Å²) in [6.45, 7) is 0. The van der Waals surface area contributed by atoms with Crippen molar-refractivity contribution >= 4 is 109 Å². The topological polar surface area (TPSA) is 41.1 Å². The summed E-state index contributed by atoms with van der Waals surface area (Å²) in [7, 11) is 0. The second kappa shape index (κ2) is 14.5. The fourth-order valence-electron chi connectivity index (χ4n) is 11.9. The van der Waals surface area contributed by atoms with E-state index >= 15 is 0 Å². The van der Waals surface area contributed by atoms with Crippen LogP contribution in [0, 0.1) is 0 Å². The summed E-state index contributed by atoms with van der Waals surface area (Å²) < 4.78 is 20.5. The van der Waals surface area contributed by atoms with Crippen LogP contribution < -0.4 is 0 Å². The van der Waals surface area contributed by atoms with Crippen molar-refractivity contribution in [3.8, 4) is 39.3 Å². The monoisotopic (exact) mass is 905 g/mol. The van der Waals surface area contributed by atoms with E-state index in [9.17, 15) is 0 Å². The standard InChI is InChI=1S/C66H39N3O2/c1-2-14-44(15-3-1)67-55-22-8-4-16-45(55)51-36-40(28-32-57(51)67)42-30-34-59-53(38-42)54-39-43(31-35-60(54)69(59)62-25-13-21-50-48-19-7-11-27-64(48)71-66(50)62)41-29-33-58-52(37-41)46-17-5-9-23-56(46)68(58)61-24-12-20-49-47-18-6-10-26-63(47)70-65(49)61/h1-39H. The van der Waals surface area contributed by atoms with E-state index in [0.717, 1.165) is 99.7 Å². The lowest BCUT2D eigenvalue weighted by atomic mass is 9.98. The van der Waals surface area contributed by atoms with Crippen LogP contribution in [0.3, 0.4) is 0 Å². The average Bonchev–Trinajstić information content (AvgIpc) is 4.24.